The summed E-state index contributed by atoms with van der Waals surface area (Å²) in [7, 11) is 1.64. The summed E-state index contributed by atoms with van der Waals surface area (Å²) in [6, 6.07) is 10.4. The van der Waals surface area contributed by atoms with Gasteiger partial charge in [0.1, 0.15) is 5.02 Å². The number of benzene rings is 1. The third-order valence-electron chi connectivity index (χ3n) is 4.94. The number of aryl methyl sites for hydroxylation is 1. The van der Waals surface area contributed by atoms with Gasteiger partial charge in [0.25, 0.3) is 5.56 Å². The molecule has 0 saturated carbocycles. The van der Waals surface area contributed by atoms with Crippen LogP contribution in [-0.4, -0.2) is 21.7 Å². The molecule has 0 fully saturated rings. The Bertz CT molecular complexity index is 1110. The van der Waals surface area contributed by atoms with Crippen LogP contribution in [0.5, 0.6) is 0 Å². The number of nitrogens with zero attached hydrogens (tertiary/aromatic N) is 2. The van der Waals surface area contributed by atoms with E-state index in [-0.39, 0.29) is 23.2 Å². The highest BCUT2D eigenvalue weighted by Gasteiger charge is 2.27. The summed E-state index contributed by atoms with van der Waals surface area (Å²) in [5.41, 5.74) is 2.46. The third-order valence-corrected chi connectivity index (χ3v) is 5.46. The van der Waals surface area contributed by atoms with Crippen molar-refractivity contribution in [1.82, 2.24) is 9.13 Å². The van der Waals surface area contributed by atoms with Gasteiger partial charge in [-0.25, -0.2) is 4.79 Å². The maximum Gasteiger partial charge on any atom is 0.340 e. The number of hydrogen-bond acceptors (Lipinski definition) is 4. The van der Waals surface area contributed by atoms with Crippen LogP contribution in [0.2, 0.25) is 10.0 Å². The van der Waals surface area contributed by atoms with E-state index in [9.17, 15) is 9.59 Å². The van der Waals surface area contributed by atoms with Crippen molar-refractivity contribution in [2.75, 3.05) is 11.9 Å². The van der Waals surface area contributed by atoms with Gasteiger partial charge < -0.3 is 19.2 Å². The molecule has 0 radical (unpaired) electrons. The number of carbonyl (C=O) groups is 1. The van der Waals surface area contributed by atoms with Crippen molar-refractivity contribution in [2.24, 2.45) is 7.05 Å². The van der Waals surface area contributed by atoms with Crippen LogP contribution in [0.1, 0.15) is 54.5 Å². The molecule has 3 rings (SSSR count). The largest absolute Gasteiger partial charge is 0.462 e. The first-order chi connectivity index (χ1) is 14.7. The van der Waals surface area contributed by atoms with Gasteiger partial charge in [-0.3, -0.25) is 4.79 Å². The highest BCUT2D eigenvalue weighted by atomic mass is 35.5. The molecule has 1 N–H and O–H groups in total. The zero-order valence-electron chi connectivity index (χ0n) is 17.9. The summed E-state index contributed by atoms with van der Waals surface area (Å²) < 4.78 is 8.75. The van der Waals surface area contributed by atoms with Crippen molar-refractivity contribution >= 4 is 34.9 Å². The van der Waals surface area contributed by atoms with Crippen molar-refractivity contribution in [3.05, 3.63) is 86.0 Å². The van der Waals surface area contributed by atoms with E-state index in [1.54, 1.807) is 44.4 Å². The molecule has 0 spiro atoms. The lowest BCUT2D eigenvalue weighted by Gasteiger charge is -2.26. The Labute approximate surface area is 191 Å². The zero-order chi connectivity index (χ0) is 22.7. The second kappa shape index (κ2) is 9.62. The van der Waals surface area contributed by atoms with E-state index in [1.807, 2.05) is 36.7 Å². The molecule has 0 aliphatic carbocycles. The third kappa shape index (κ3) is 4.97. The molecule has 164 valence electrons. The number of anilines is 1. The van der Waals surface area contributed by atoms with Crippen LogP contribution in [0.15, 0.2) is 53.6 Å². The lowest BCUT2D eigenvalue weighted by Crippen LogP contribution is -2.23. The van der Waals surface area contributed by atoms with Gasteiger partial charge in [-0.15, -0.1) is 0 Å². The molecule has 8 heteroatoms. The SMILES string of the molecule is CCOC(=O)c1ccn(C(C)C)c1C(Nc1cc(Cl)c(=O)n(C)c1)c1ccc(Cl)cc1. The van der Waals surface area contributed by atoms with Crippen molar-refractivity contribution in [2.45, 2.75) is 32.9 Å². The topological polar surface area (TPSA) is 65.3 Å². The van der Waals surface area contributed by atoms with Crippen LogP contribution in [0.25, 0.3) is 0 Å². The van der Waals surface area contributed by atoms with E-state index in [0.717, 1.165) is 11.3 Å². The van der Waals surface area contributed by atoms with E-state index in [4.69, 9.17) is 27.9 Å². The van der Waals surface area contributed by atoms with Gasteiger partial charge in [0.05, 0.1) is 29.6 Å². The van der Waals surface area contributed by atoms with E-state index in [2.05, 4.69) is 5.32 Å². The molecular weight excluding hydrogens is 437 g/mol. The summed E-state index contributed by atoms with van der Waals surface area (Å²) in [5, 5.41) is 4.16. The number of pyridine rings is 1. The summed E-state index contributed by atoms with van der Waals surface area (Å²) in [6.45, 7) is 6.14. The second-order valence-corrected chi connectivity index (χ2v) is 8.30. The number of aromatic nitrogens is 2. The number of halogens is 2. The number of rotatable bonds is 7. The van der Waals surface area contributed by atoms with Crippen LogP contribution in [-0.2, 0) is 11.8 Å². The molecule has 1 atom stereocenters. The minimum absolute atomic E-state index is 0.0958. The van der Waals surface area contributed by atoms with Gasteiger partial charge in [0, 0.05) is 30.5 Å². The van der Waals surface area contributed by atoms with E-state index in [0.29, 0.717) is 16.3 Å². The molecule has 1 unspecified atom stereocenters. The predicted molar refractivity (Wildman–Crippen MR) is 124 cm³/mol. The van der Waals surface area contributed by atoms with Crippen LogP contribution in [0, 0.1) is 0 Å². The zero-order valence-corrected chi connectivity index (χ0v) is 19.4. The van der Waals surface area contributed by atoms with Crippen molar-refractivity contribution in [1.29, 1.82) is 0 Å². The molecule has 31 heavy (non-hydrogen) atoms. The summed E-state index contributed by atoms with van der Waals surface area (Å²) >= 11 is 12.2. The van der Waals surface area contributed by atoms with Gasteiger partial charge in [0.2, 0.25) is 0 Å². The maximum absolute atomic E-state index is 12.7. The first-order valence-corrected chi connectivity index (χ1v) is 10.7. The fourth-order valence-corrected chi connectivity index (χ4v) is 3.85. The Balaban J connectivity index is 2.20. The molecule has 0 aliphatic rings. The molecule has 6 nitrogen and oxygen atoms in total. The normalized spacial score (nSPS) is 12.1. The quantitative estimate of drug-likeness (QED) is 0.474. The van der Waals surface area contributed by atoms with Crippen LogP contribution >= 0.6 is 23.2 Å². The average Bonchev–Trinajstić information content (AvgIpc) is 3.16. The van der Waals surface area contributed by atoms with E-state index in [1.165, 1.54) is 4.57 Å². The summed E-state index contributed by atoms with van der Waals surface area (Å²) in [5.74, 6) is -0.392. The van der Waals surface area contributed by atoms with Crippen molar-refractivity contribution in [3.63, 3.8) is 0 Å². The minimum atomic E-state index is -0.428. The fourth-order valence-electron chi connectivity index (χ4n) is 3.48. The minimum Gasteiger partial charge on any atom is -0.462 e. The lowest BCUT2D eigenvalue weighted by atomic mass is 9.99. The molecule has 1 aromatic carbocycles. The number of hydrogen-bond donors (Lipinski definition) is 1. The molecule has 2 heterocycles. The molecule has 0 bridgehead atoms. The van der Waals surface area contributed by atoms with Gasteiger partial charge in [-0.05, 0) is 50.6 Å². The second-order valence-electron chi connectivity index (χ2n) is 7.46. The van der Waals surface area contributed by atoms with Gasteiger partial charge in [0.15, 0.2) is 0 Å². The molecular formula is C23H25Cl2N3O3. The highest BCUT2D eigenvalue weighted by Crippen LogP contribution is 2.33. The van der Waals surface area contributed by atoms with Crippen LogP contribution < -0.4 is 10.9 Å². The first kappa shape index (κ1) is 23.0. The van der Waals surface area contributed by atoms with Gasteiger partial charge >= 0.3 is 5.97 Å². The fraction of sp³-hybridized carbons (Fsp3) is 0.304. The first-order valence-electron chi connectivity index (χ1n) is 9.99. The Morgan fingerprint density at radius 3 is 2.42 bits per heavy atom. The van der Waals surface area contributed by atoms with Crippen molar-refractivity contribution < 1.29 is 9.53 Å². The van der Waals surface area contributed by atoms with Gasteiger partial charge in [-0.2, -0.15) is 0 Å². The summed E-state index contributed by atoms with van der Waals surface area (Å²) in [6.07, 6.45) is 3.55. The van der Waals surface area contributed by atoms with Gasteiger partial charge in [-0.1, -0.05) is 35.3 Å². The number of ether oxygens (including phenoxy) is 1. The number of carbonyl (C=O) groups excluding carboxylic acids is 1. The lowest BCUT2D eigenvalue weighted by molar-refractivity contribution is 0.0524. The Kier molecular flexibility index (Phi) is 7.13. The number of esters is 1. The van der Waals surface area contributed by atoms with E-state index >= 15 is 0 Å². The Morgan fingerprint density at radius 1 is 1.16 bits per heavy atom. The standard InChI is InChI=1S/C23H25Cl2N3O3/c1-5-31-23(30)18-10-11-28(14(2)3)21(18)20(15-6-8-16(24)9-7-15)26-17-12-19(25)22(29)27(4)13-17/h6-14,20,26H,5H2,1-4H3. The summed E-state index contributed by atoms with van der Waals surface area (Å²) in [4.78, 5) is 24.8. The average molecular weight is 462 g/mol. The predicted octanol–water partition coefficient (Wildman–Crippen LogP) is 5.45. The maximum atomic E-state index is 12.7. The molecule has 0 saturated heterocycles. The van der Waals surface area contributed by atoms with Crippen molar-refractivity contribution in [3.8, 4) is 0 Å². The molecule has 0 amide bonds. The number of nitrogens with one attached hydrogen (secondary N) is 1. The smallest absolute Gasteiger partial charge is 0.340 e. The monoisotopic (exact) mass is 461 g/mol. The molecule has 0 aliphatic heterocycles. The molecule has 3 aromatic rings. The van der Waals surface area contributed by atoms with Crippen LogP contribution in [0.4, 0.5) is 5.69 Å². The van der Waals surface area contributed by atoms with Crippen LogP contribution in [0.3, 0.4) is 0 Å². The molecule has 2 aromatic heterocycles. The Hall–Kier alpha value is -2.70. The highest BCUT2D eigenvalue weighted by molar-refractivity contribution is 6.30. The Morgan fingerprint density at radius 2 is 1.84 bits per heavy atom. The van der Waals surface area contributed by atoms with E-state index < -0.39 is 12.0 Å².